The monoisotopic (exact) mass is 846 g/mol. The number of unbranched alkanes of at least 4 members (excludes halogenated alkanes) is 2. The van der Waals surface area contributed by atoms with E-state index in [0.29, 0.717) is 30.1 Å². The van der Waals surface area contributed by atoms with Crippen molar-refractivity contribution >= 4 is 23.6 Å². The van der Waals surface area contributed by atoms with Gasteiger partial charge in [-0.25, -0.2) is 4.79 Å². The van der Waals surface area contributed by atoms with Gasteiger partial charge in [-0.15, -0.1) is 18.3 Å². The highest BCUT2D eigenvalue weighted by Gasteiger charge is 2.65. The van der Waals surface area contributed by atoms with Gasteiger partial charge in [-0.3, -0.25) is 0 Å². The number of nitrogens with zero attached hydrogens (tertiary/aromatic N) is 2. The van der Waals surface area contributed by atoms with Crippen LogP contribution in [0.15, 0.2) is 137 Å². The predicted molar refractivity (Wildman–Crippen MR) is 239 cm³/mol. The second kappa shape index (κ2) is 21.1. The molecule has 1 aliphatic heterocycles. The lowest BCUT2D eigenvalue weighted by Crippen LogP contribution is -2.69. The molecule has 4 aromatic rings. The number of carbonyl (C=O) groups is 1. The molecule has 1 saturated carbocycles. The van der Waals surface area contributed by atoms with Crippen molar-refractivity contribution in [1.82, 2.24) is 4.90 Å². The van der Waals surface area contributed by atoms with Gasteiger partial charge in [-0.2, -0.15) is 0 Å². The number of allylic oxidation sites excluding steroid dienone is 1. The van der Waals surface area contributed by atoms with Crippen LogP contribution in [0.3, 0.4) is 0 Å². The highest BCUT2D eigenvalue weighted by atomic mass is 32.2. The molecule has 0 spiro atoms. The van der Waals surface area contributed by atoms with Gasteiger partial charge >= 0.3 is 6.09 Å². The number of hydrogen-bond donors (Lipinski definition) is 2. The average molecular weight is 847 g/mol. The Bertz CT molecular complexity index is 2110. The molecule has 4 aromatic carbocycles. The minimum Gasteiger partial charge on any atom is -0.459 e. The fraction of sp³-hybridized carbons (Fsp3) is 0.400. The van der Waals surface area contributed by atoms with Gasteiger partial charge in [0.2, 0.25) is 5.79 Å². The Morgan fingerprint density at radius 1 is 0.902 bits per heavy atom. The smallest absolute Gasteiger partial charge is 0.410 e. The number of thioether (sulfide) groups is 1. The van der Waals surface area contributed by atoms with E-state index in [-0.39, 0.29) is 57.2 Å². The fourth-order valence-corrected chi connectivity index (χ4v) is 9.69. The molecule has 1 fully saturated rings. The number of amides is 1. The van der Waals surface area contributed by atoms with E-state index >= 15 is 0 Å². The van der Waals surface area contributed by atoms with E-state index in [2.05, 4.69) is 18.7 Å². The number of hydrogen-bond acceptors (Lipinski definition) is 10. The Morgan fingerprint density at radius 2 is 1.57 bits per heavy atom. The van der Waals surface area contributed by atoms with Gasteiger partial charge < -0.3 is 38.9 Å². The first-order valence-electron chi connectivity index (χ1n) is 21.4. The van der Waals surface area contributed by atoms with Gasteiger partial charge in [0.1, 0.15) is 36.5 Å². The number of ether oxygens (including phenoxy) is 4. The molecule has 322 valence electrons. The SMILES string of the molecule is C=CCOC12Oc3ccc(Oc4ccc(SC)cc4)cc3C3C(CCCCO)C(CCCCO)C=C(C(=NOCc4ccccc4)CC1N(C)C(=O)OCc1ccccc1)C32. The van der Waals surface area contributed by atoms with Crippen molar-refractivity contribution in [2.75, 3.05) is 33.1 Å². The third kappa shape index (κ3) is 10.2. The minimum absolute atomic E-state index is 0.0741. The zero-order chi connectivity index (χ0) is 42.6. The van der Waals surface area contributed by atoms with Crippen molar-refractivity contribution in [3.05, 3.63) is 144 Å². The van der Waals surface area contributed by atoms with Crippen LogP contribution in [-0.2, 0) is 27.5 Å². The van der Waals surface area contributed by atoms with Crippen LogP contribution >= 0.6 is 11.8 Å². The normalized spacial score (nSPS) is 23.2. The van der Waals surface area contributed by atoms with E-state index in [9.17, 15) is 15.0 Å². The molecule has 2 N–H and O–H groups in total. The predicted octanol–water partition coefficient (Wildman–Crippen LogP) is 10.3. The number of aliphatic hydroxyl groups excluding tert-OH is 2. The number of carbonyl (C=O) groups excluding carboxylic acids is 1. The summed E-state index contributed by atoms with van der Waals surface area (Å²) in [5, 5.41) is 24.8. The average Bonchev–Trinajstić information content (AvgIpc) is 3.29. The van der Waals surface area contributed by atoms with Crippen LogP contribution in [0.1, 0.15) is 67.6 Å². The molecule has 1 amide bonds. The molecule has 0 saturated heterocycles. The first-order valence-corrected chi connectivity index (χ1v) is 22.6. The summed E-state index contributed by atoms with van der Waals surface area (Å²) < 4.78 is 26.8. The number of benzene rings is 4. The van der Waals surface area contributed by atoms with Crippen LogP contribution in [0, 0.1) is 17.8 Å². The van der Waals surface area contributed by atoms with Crippen molar-refractivity contribution < 1.29 is 38.8 Å². The Morgan fingerprint density at radius 3 is 2.25 bits per heavy atom. The Labute approximate surface area is 364 Å². The van der Waals surface area contributed by atoms with Gasteiger partial charge in [0.05, 0.1) is 18.2 Å². The summed E-state index contributed by atoms with van der Waals surface area (Å²) in [4.78, 5) is 23.2. The second-order valence-corrected chi connectivity index (χ2v) is 16.8. The van der Waals surface area contributed by atoms with Crippen LogP contribution in [0.4, 0.5) is 4.79 Å². The van der Waals surface area contributed by atoms with E-state index in [0.717, 1.165) is 58.6 Å². The molecule has 6 atom stereocenters. The van der Waals surface area contributed by atoms with Gasteiger partial charge in [-0.05, 0) is 103 Å². The molecule has 0 radical (unpaired) electrons. The van der Waals surface area contributed by atoms with Crippen LogP contribution in [0.2, 0.25) is 0 Å². The van der Waals surface area contributed by atoms with Gasteiger partial charge in [0.25, 0.3) is 0 Å². The topological polar surface area (TPSA) is 119 Å². The van der Waals surface area contributed by atoms with Crippen molar-refractivity contribution in [1.29, 1.82) is 0 Å². The zero-order valence-corrected chi connectivity index (χ0v) is 36.0. The maximum Gasteiger partial charge on any atom is 0.410 e. The lowest BCUT2D eigenvalue weighted by Gasteiger charge is -2.59. The van der Waals surface area contributed by atoms with E-state index < -0.39 is 23.8 Å². The molecule has 1 heterocycles. The van der Waals surface area contributed by atoms with Crippen LogP contribution in [0.5, 0.6) is 17.2 Å². The maximum atomic E-state index is 14.2. The standard InChI is InChI=1S/C50H58N2O8S/c1-4-29-57-50-46(52(2)49(55)56-33-35-15-7-5-8-16-35)32-44(51-58-34-36-17-9-6-10-18-36)42-30-37(19-11-13-27-53)41(20-12-14-28-54)47(48(42)50)43-31-39(23-26-45(43)60-50)59-38-21-24-40(61-3)25-22-38/h4-10,15-18,21-26,30-31,37,41,46-48,53-54H,1,11-14,19-20,27-29,32-34H2,2-3H3. The molecular formula is C50H58N2O8S. The highest BCUT2D eigenvalue weighted by molar-refractivity contribution is 7.98. The molecule has 6 unspecified atom stereocenters. The molecule has 10 nitrogen and oxygen atoms in total. The third-order valence-corrected chi connectivity index (χ3v) is 12.9. The first kappa shape index (κ1) is 44.0. The summed E-state index contributed by atoms with van der Waals surface area (Å²) in [5.74, 6) is 0.184. The van der Waals surface area contributed by atoms with Crippen LogP contribution in [-0.4, -0.2) is 71.9 Å². The maximum absolute atomic E-state index is 14.2. The molecule has 3 aliphatic rings. The van der Waals surface area contributed by atoms with Crippen molar-refractivity contribution in [2.24, 2.45) is 22.9 Å². The molecule has 11 heteroatoms. The van der Waals surface area contributed by atoms with E-state index in [4.69, 9.17) is 28.9 Å². The van der Waals surface area contributed by atoms with Gasteiger partial charge in [0, 0.05) is 43.1 Å². The van der Waals surface area contributed by atoms with Crippen molar-refractivity contribution in [2.45, 2.75) is 80.8 Å². The first-order chi connectivity index (χ1) is 29.9. The minimum atomic E-state index is -1.39. The second-order valence-electron chi connectivity index (χ2n) is 16.0. The number of fused-ring (bicyclic) bond motifs is 2. The summed E-state index contributed by atoms with van der Waals surface area (Å²) >= 11 is 1.68. The lowest BCUT2D eigenvalue weighted by molar-refractivity contribution is -0.253. The molecule has 0 bridgehead atoms. The zero-order valence-electron chi connectivity index (χ0n) is 35.2. The molecule has 2 aliphatic carbocycles. The van der Waals surface area contributed by atoms with E-state index in [1.165, 1.54) is 0 Å². The summed E-state index contributed by atoms with van der Waals surface area (Å²) in [6.45, 7) is 4.77. The molecular weight excluding hydrogens is 789 g/mol. The summed E-state index contributed by atoms with van der Waals surface area (Å²) in [6.07, 6.45) is 10.5. The Kier molecular flexibility index (Phi) is 15.2. The molecule has 7 rings (SSSR count). The Balaban J connectivity index is 1.38. The quantitative estimate of drug-likeness (QED) is 0.0388. The van der Waals surface area contributed by atoms with E-state index in [1.54, 1.807) is 29.8 Å². The summed E-state index contributed by atoms with van der Waals surface area (Å²) in [7, 11) is 1.74. The largest absolute Gasteiger partial charge is 0.459 e. The van der Waals surface area contributed by atoms with Crippen molar-refractivity contribution in [3.8, 4) is 17.2 Å². The summed E-state index contributed by atoms with van der Waals surface area (Å²) in [5.41, 5.74) is 4.51. The number of likely N-dealkylation sites (N-methyl/N-ethyl adjacent to an activating group) is 1. The Hall–Kier alpha value is -5.07. The number of oxime groups is 1. The van der Waals surface area contributed by atoms with Crippen molar-refractivity contribution in [3.63, 3.8) is 0 Å². The molecule has 61 heavy (non-hydrogen) atoms. The molecule has 0 aromatic heterocycles. The third-order valence-electron chi connectivity index (χ3n) is 12.1. The van der Waals surface area contributed by atoms with E-state index in [1.807, 2.05) is 103 Å². The van der Waals surface area contributed by atoms with Crippen LogP contribution < -0.4 is 9.47 Å². The lowest BCUT2D eigenvalue weighted by atomic mass is 9.55. The van der Waals surface area contributed by atoms with Crippen LogP contribution in [0.25, 0.3) is 0 Å². The van der Waals surface area contributed by atoms with Gasteiger partial charge in [0.15, 0.2) is 0 Å². The number of aliphatic hydroxyl groups is 2. The summed E-state index contributed by atoms with van der Waals surface area (Å²) in [6, 6.07) is 32.8. The fourth-order valence-electron chi connectivity index (χ4n) is 9.28. The number of rotatable bonds is 20. The van der Waals surface area contributed by atoms with Gasteiger partial charge in [-0.1, -0.05) is 90.8 Å². The highest BCUT2D eigenvalue weighted by Crippen LogP contribution is 2.62.